The molecular weight excluding hydrogens is 250 g/mol. The number of aryl methyl sites for hydroxylation is 1. The SMILES string of the molecule is CN=C(NCc1ccc(C)cc1)NC1CC2CCC1O2. The second-order valence-electron chi connectivity index (χ2n) is 5.77. The molecule has 0 amide bonds. The molecule has 0 aliphatic carbocycles. The quantitative estimate of drug-likeness (QED) is 0.654. The summed E-state index contributed by atoms with van der Waals surface area (Å²) >= 11 is 0. The third-order valence-corrected chi connectivity index (χ3v) is 4.23. The van der Waals surface area contributed by atoms with E-state index < -0.39 is 0 Å². The van der Waals surface area contributed by atoms with Crippen LogP contribution in [0.4, 0.5) is 0 Å². The molecule has 4 nitrogen and oxygen atoms in total. The van der Waals surface area contributed by atoms with Gasteiger partial charge in [0.15, 0.2) is 5.96 Å². The Balaban J connectivity index is 1.51. The zero-order chi connectivity index (χ0) is 13.9. The minimum Gasteiger partial charge on any atom is -0.373 e. The summed E-state index contributed by atoms with van der Waals surface area (Å²) in [5.41, 5.74) is 2.55. The molecule has 0 radical (unpaired) electrons. The predicted octanol–water partition coefficient (Wildman–Crippen LogP) is 1.98. The van der Waals surface area contributed by atoms with Crippen molar-refractivity contribution in [1.82, 2.24) is 10.6 Å². The first-order chi connectivity index (χ1) is 9.74. The van der Waals surface area contributed by atoms with Gasteiger partial charge in [0.2, 0.25) is 0 Å². The zero-order valence-electron chi connectivity index (χ0n) is 12.2. The summed E-state index contributed by atoms with van der Waals surface area (Å²) in [6.45, 7) is 2.90. The van der Waals surface area contributed by atoms with E-state index in [9.17, 15) is 0 Å². The van der Waals surface area contributed by atoms with Crippen LogP contribution in [0.15, 0.2) is 29.3 Å². The van der Waals surface area contributed by atoms with Crippen LogP contribution in [-0.4, -0.2) is 31.3 Å². The van der Waals surface area contributed by atoms with Gasteiger partial charge in [-0.15, -0.1) is 0 Å². The highest BCUT2D eigenvalue weighted by atomic mass is 16.5. The Morgan fingerprint density at radius 1 is 1.30 bits per heavy atom. The Hall–Kier alpha value is -1.55. The van der Waals surface area contributed by atoms with Gasteiger partial charge in [0, 0.05) is 13.6 Å². The maximum Gasteiger partial charge on any atom is 0.191 e. The van der Waals surface area contributed by atoms with Crippen molar-refractivity contribution >= 4 is 5.96 Å². The average molecular weight is 273 g/mol. The van der Waals surface area contributed by atoms with Gasteiger partial charge >= 0.3 is 0 Å². The summed E-state index contributed by atoms with van der Waals surface area (Å²) in [4.78, 5) is 4.31. The molecular formula is C16H23N3O. The maximum atomic E-state index is 5.86. The molecule has 0 saturated carbocycles. The van der Waals surface area contributed by atoms with Crippen molar-refractivity contribution in [3.8, 4) is 0 Å². The summed E-state index contributed by atoms with van der Waals surface area (Å²) in [7, 11) is 1.82. The molecule has 1 aromatic carbocycles. The molecule has 3 unspecified atom stereocenters. The molecule has 3 atom stereocenters. The largest absolute Gasteiger partial charge is 0.373 e. The van der Waals surface area contributed by atoms with E-state index in [1.54, 1.807) is 0 Å². The van der Waals surface area contributed by atoms with Gasteiger partial charge in [-0.05, 0) is 31.7 Å². The molecule has 2 heterocycles. The second kappa shape index (κ2) is 5.83. The predicted molar refractivity (Wildman–Crippen MR) is 80.8 cm³/mol. The zero-order valence-corrected chi connectivity index (χ0v) is 12.2. The fourth-order valence-electron chi connectivity index (χ4n) is 3.05. The standard InChI is InChI=1S/C16H23N3O/c1-11-3-5-12(6-4-11)10-18-16(17-2)19-14-9-13-7-8-15(14)20-13/h3-6,13-15H,7-10H2,1-2H3,(H2,17,18,19). The van der Waals surface area contributed by atoms with E-state index in [0.29, 0.717) is 18.2 Å². The highest BCUT2D eigenvalue weighted by Crippen LogP contribution is 2.34. The van der Waals surface area contributed by atoms with E-state index in [4.69, 9.17) is 4.74 Å². The summed E-state index contributed by atoms with van der Waals surface area (Å²) in [6, 6.07) is 8.98. The number of hydrogen-bond acceptors (Lipinski definition) is 2. The van der Waals surface area contributed by atoms with Crippen molar-refractivity contribution in [3.63, 3.8) is 0 Å². The molecule has 2 aliphatic rings. The Bertz CT molecular complexity index is 483. The van der Waals surface area contributed by atoms with Gasteiger partial charge < -0.3 is 15.4 Å². The topological polar surface area (TPSA) is 45.7 Å². The lowest BCUT2D eigenvalue weighted by molar-refractivity contribution is 0.0992. The molecule has 1 aromatic rings. The van der Waals surface area contributed by atoms with E-state index in [2.05, 4.69) is 46.8 Å². The van der Waals surface area contributed by atoms with Gasteiger partial charge in [-0.3, -0.25) is 4.99 Å². The molecule has 2 bridgehead atoms. The van der Waals surface area contributed by atoms with Crippen molar-refractivity contribution in [1.29, 1.82) is 0 Å². The van der Waals surface area contributed by atoms with Crippen molar-refractivity contribution < 1.29 is 4.74 Å². The molecule has 4 heteroatoms. The normalized spacial score (nSPS) is 28.7. The second-order valence-corrected chi connectivity index (χ2v) is 5.77. The van der Waals surface area contributed by atoms with Crippen molar-refractivity contribution in [2.24, 2.45) is 4.99 Å². The molecule has 108 valence electrons. The highest BCUT2D eigenvalue weighted by Gasteiger charge is 2.41. The first-order valence-electron chi connectivity index (χ1n) is 7.43. The van der Waals surface area contributed by atoms with Crippen LogP contribution in [0, 0.1) is 6.92 Å². The van der Waals surface area contributed by atoms with Gasteiger partial charge in [-0.1, -0.05) is 29.8 Å². The van der Waals surface area contributed by atoms with Crippen molar-refractivity contribution in [3.05, 3.63) is 35.4 Å². The number of fused-ring (bicyclic) bond motifs is 2. The van der Waals surface area contributed by atoms with Crippen LogP contribution in [-0.2, 0) is 11.3 Å². The van der Waals surface area contributed by atoms with Crippen LogP contribution < -0.4 is 10.6 Å². The Labute approximate surface area is 120 Å². The number of nitrogens with one attached hydrogen (secondary N) is 2. The van der Waals surface area contributed by atoms with Gasteiger partial charge in [0.1, 0.15) is 0 Å². The van der Waals surface area contributed by atoms with Crippen LogP contribution in [0.1, 0.15) is 30.4 Å². The number of nitrogens with zero attached hydrogens (tertiary/aromatic N) is 1. The molecule has 2 saturated heterocycles. The molecule has 20 heavy (non-hydrogen) atoms. The molecule has 2 aliphatic heterocycles. The minimum atomic E-state index is 0.373. The van der Waals surface area contributed by atoms with Gasteiger partial charge in [-0.2, -0.15) is 0 Å². The third-order valence-electron chi connectivity index (χ3n) is 4.23. The molecule has 3 rings (SSSR count). The average Bonchev–Trinajstić information content (AvgIpc) is 3.07. The Morgan fingerprint density at radius 3 is 2.70 bits per heavy atom. The first kappa shape index (κ1) is 13.4. The number of rotatable bonds is 3. The number of aliphatic imine (C=N–C) groups is 1. The van der Waals surface area contributed by atoms with Crippen LogP contribution in [0.3, 0.4) is 0 Å². The van der Waals surface area contributed by atoms with E-state index in [-0.39, 0.29) is 0 Å². The Kier molecular flexibility index (Phi) is 3.92. The maximum absolute atomic E-state index is 5.86. The lowest BCUT2D eigenvalue weighted by Crippen LogP contribution is -2.47. The van der Waals surface area contributed by atoms with E-state index in [1.807, 2.05) is 7.05 Å². The van der Waals surface area contributed by atoms with E-state index in [1.165, 1.54) is 24.0 Å². The number of benzene rings is 1. The van der Waals surface area contributed by atoms with E-state index in [0.717, 1.165) is 18.9 Å². The van der Waals surface area contributed by atoms with E-state index >= 15 is 0 Å². The fourth-order valence-corrected chi connectivity index (χ4v) is 3.05. The monoisotopic (exact) mass is 273 g/mol. The molecule has 2 fully saturated rings. The van der Waals surface area contributed by atoms with Crippen molar-refractivity contribution in [2.75, 3.05) is 7.05 Å². The van der Waals surface area contributed by atoms with Crippen molar-refractivity contribution in [2.45, 2.75) is 51.0 Å². The number of hydrogen-bond donors (Lipinski definition) is 2. The van der Waals surface area contributed by atoms with Gasteiger partial charge in [0.25, 0.3) is 0 Å². The number of ether oxygens (including phenoxy) is 1. The molecule has 0 aromatic heterocycles. The molecule has 0 spiro atoms. The Morgan fingerprint density at radius 2 is 2.10 bits per heavy atom. The van der Waals surface area contributed by atoms with Crippen LogP contribution in [0.25, 0.3) is 0 Å². The minimum absolute atomic E-state index is 0.373. The lowest BCUT2D eigenvalue weighted by Gasteiger charge is -2.22. The van der Waals surface area contributed by atoms with Gasteiger partial charge in [-0.25, -0.2) is 0 Å². The molecule has 2 N–H and O–H groups in total. The number of guanidine groups is 1. The summed E-state index contributed by atoms with van der Waals surface area (Å²) in [6.07, 6.45) is 4.34. The third kappa shape index (κ3) is 2.96. The summed E-state index contributed by atoms with van der Waals surface area (Å²) in [5.74, 6) is 0.867. The van der Waals surface area contributed by atoms with Crippen LogP contribution in [0.2, 0.25) is 0 Å². The smallest absolute Gasteiger partial charge is 0.191 e. The summed E-state index contributed by atoms with van der Waals surface area (Å²) < 4.78 is 5.86. The van der Waals surface area contributed by atoms with Gasteiger partial charge in [0.05, 0.1) is 18.2 Å². The summed E-state index contributed by atoms with van der Waals surface area (Å²) in [5, 5.41) is 6.87. The fraction of sp³-hybridized carbons (Fsp3) is 0.562. The highest BCUT2D eigenvalue weighted by molar-refractivity contribution is 5.80. The van der Waals surface area contributed by atoms with Crippen LogP contribution >= 0.6 is 0 Å². The first-order valence-corrected chi connectivity index (χ1v) is 7.43. The van der Waals surface area contributed by atoms with Crippen LogP contribution in [0.5, 0.6) is 0 Å². The lowest BCUT2D eigenvalue weighted by atomic mass is 9.96.